The first kappa shape index (κ1) is 10.7. The van der Waals surface area contributed by atoms with E-state index < -0.39 is 6.10 Å². The van der Waals surface area contributed by atoms with Crippen molar-refractivity contribution in [3.63, 3.8) is 0 Å². The predicted molar refractivity (Wildman–Crippen MR) is 52.4 cm³/mol. The molecule has 74 valence electrons. The lowest BCUT2D eigenvalue weighted by Crippen LogP contribution is -2.05. The largest absolute Gasteiger partial charge is 0.356 e. The summed E-state index contributed by atoms with van der Waals surface area (Å²) in [5, 5.41) is 8.85. The van der Waals surface area contributed by atoms with Gasteiger partial charge in [-0.05, 0) is 12.5 Å². The van der Waals surface area contributed by atoms with Gasteiger partial charge in [-0.15, -0.1) is 0 Å². The van der Waals surface area contributed by atoms with Gasteiger partial charge in [0.1, 0.15) is 6.79 Å². The Labute approximate surface area is 83.9 Å². The van der Waals surface area contributed by atoms with Crippen molar-refractivity contribution >= 4 is 0 Å². The minimum atomic E-state index is -0.539. The summed E-state index contributed by atoms with van der Waals surface area (Å²) in [7, 11) is 0. The van der Waals surface area contributed by atoms with Gasteiger partial charge in [-0.25, -0.2) is 0 Å². The summed E-state index contributed by atoms with van der Waals surface area (Å²) in [6.45, 7) is 2.63. The van der Waals surface area contributed by atoms with Crippen molar-refractivity contribution in [2.24, 2.45) is 0 Å². The van der Waals surface area contributed by atoms with Crippen LogP contribution in [-0.4, -0.2) is 13.4 Å². The lowest BCUT2D eigenvalue weighted by molar-refractivity contribution is -0.0706. The van der Waals surface area contributed by atoms with E-state index in [4.69, 9.17) is 14.7 Å². The van der Waals surface area contributed by atoms with E-state index in [-0.39, 0.29) is 6.79 Å². The third kappa shape index (κ3) is 3.17. The molecule has 0 aromatic heterocycles. The molecule has 0 radical (unpaired) electrons. The van der Waals surface area contributed by atoms with E-state index in [1.165, 1.54) is 0 Å². The van der Waals surface area contributed by atoms with Crippen molar-refractivity contribution in [1.29, 1.82) is 5.26 Å². The van der Waals surface area contributed by atoms with Crippen LogP contribution in [0.5, 0.6) is 0 Å². The zero-order chi connectivity index (χ0) is 10.2. The first-order valence-corrected chi connectivity index (χ1v) is 4.52. The summed E-state index contributed by atoms with van der Waals surface area (Å²) in [5.74, 6) is 0. The summed E-state index contributed by atoms with van der Waals surface area (Å²) < 4.78 is 10.2. The smallest absolute Gasteiger partial charge is 0.171 e. The molecule has 1 rings (SSSR count). The van der Waals surface area contributed by atoms with Crippen molar-refractivity contribution in [3.8, 4) is 6.07 Å². The molecule has 0 aliphatic rings. The minimum absolute atomic E-state index is 0.156. The van der Waals surface area contributed by atoms with E-state index >= 15 is 0 Å². The molecule has 0 saturated heterocycles. The van der Waals surface area contributed by atoms with Crippen molar-refractivity contribution in [1.82, 2.24) is 0 Å². The van der Waals surface area contributed by atoms with Crippen LogP contribution < -0.4 is 0 Å². The Kier molecular flexibility index (Phi) is 4.70. The van der Waals surface area contributed by atoms with Gasteiger partial charge in [-0.3, -0.25) is 0 Å². The Morgan fingerprint density at radius 3 is 2.64 bits per heavy atom. The molecule has 0 heterocycles. The van der Waals surface area contributed by atoms with Gasteiger partial charge in [0.2, 0.25) is 0 Å². The van der Waals surface area contributed by atoms with Crippen LogP contribution in [-0.2, 0) is 9.47 Å². The normalized spacial score (nSPS) is 12.0. The number of ether oxygens (including phenoxy) is 2. The lowest BCUT2D eigenvalue weighted by Gasteiger charge is -2.10. The third-order valence-corrected chi connectivity index (χ3v) is 1.74. The molecule has 0 bridgehead atoms. The number of hydrogen-bond donors (Lipinski definition) is 0. The Balaban J connectivity index is 2.52. The van der Waals surface area contributed by atoms with Crippen LogP contribution in [0.1, 0.15) is 18.6 Å². The molecule has 0 aliphatic heterocycles. The Morgan fingerprint density at radius 2 is 2.07 bits per heavy atom. The molecule has 0 amide bonds. The fourth-order valence-electron chi connectivity index (χ4n) is 1.04. The average molecular weight is 191 g/mol. The fourth-order valence-corrected chi connectivity index (χ4v) is 1.04. The molecule has 14 heavy (non-hydrogen) atoms. The average Bonchev–Trinajstić information content (AvgIpc) is 2.26. The van der Waals surface area contributed by atoms with Crippen LogP contribution in [0.4, 0.5) is 0 Å². The lowest BCUT2D eigenvalue weighted by atomic mass is 10.1. The number of nitrogens with zero attached hydrogens (tertiary/aromatic N) is 1. The highest BCUT2D eigenvalue weighted by Gasteiger charge is 2.09. The van der Waals surface area contributed by atoms with Crippen LogP contribution >= 0.6 is 0 Å². The van der Waals surface area contributed by atoms with E-state index in [1.54, 1.807) is 0 Å². The molecule has 0 saturated carbocycles. The first-order chi connectivity index (χ1) is 6.88. The third-order valence-electron chi connectivity index (χ3n) is 1.74. The molecule has 0 aliphatic carbocycles. The van der Waals surface area contributed by atoms with E-state index in [0.29, 0.717) is 6.61 Å². The molecule has 3 heteroatoms. The quantitative estimate of drug-likeness (QED) is 0.529. The van der Waals surface area contributed by atoms with Gasteiger partial charge in [0.25, 0.3) is 0 Å². The van der Waals surface area contributed by atoms with E-state index in [1.807, 2.05) is 37.3 Å². The van der Waals surface area contributed by atoms with Gasteiger partial charge < -0.3 is 9.47 Å². The van der Waals surface area contributed by atoms with Gasteiger partial charge in [0.15, 0.2) is 6.10 Å². The SMILES string of the molecule is CCOCOC(C#N)c1ccccc1. The topological polar surface area (TPSA) is 42.2 Å². The van der Waals surface area contributed by atoms with E-state index in [2.05, 4.69) is 6.07 Å². The fraction of sp³-hybridized carbons (Fsp3) is 0.364. The number of hydrogen-bond acceptors (Lipinski definition) is 3. The highest BCUT2D eigenvalue weighted by atomic mass is 16.7. The molecule has 3 nitrogen and oxygen atoms in total. The summed E-state index contributed by atoms with van der Waals surface area (Å²) in [4.78, 5) is 0. The van der Waals surface area contributed by atoms with Crippen LogP contribution in [0, 0.1) is 11.3 Å². The zero-order valence-corrected chi connectivity index (χ0v) is 8.14. The summed E-state index contributed by atoms with van der Waals surface area (Å²) in [6, 6.07) is 11.5. The van der Waals surface area contributed by atoms with E-state index in [0.717, 1.165) is 5.56 Å². The van der Waals surface area contributed by atoms with E-state index in [9.17, 15) is 0 Å². The van der Waals surface area contributed by atoms with Crippen LogP contribution in [0.25, 0.3) is 0 Å². The van der Waals surface area contributed by atoms with Crippen LogP contribution in [0.2, 0.25) is 0 Å². The molecule has 0 N–H and O–H groups in total. The monoisotopic (exact) mass is 191 g/mol. The second kappa shape index (κ2) is 6.14. The van der Waals surface area contributed by atoms with Crippen LogP contribution in [0.15, 0.2) is 30.3 Å². The second-order valence-corrected chi connectivity index (χ2v) is 2.70. The summed E-state index contributed by atoms with van der Waals surface area (Å²) in [5.41, 5.74) is 0.856. The summed E-state index contributed by atoms with van der Waals surface area (Å²) in [6.07, 6.45) is -0.539. The molecule has 1 aromatic rings. The maximum atomic E-state index is 8.85. The second-order valence-electron chi connectivity index (χ2n) is 2.70. The molecule has 1 atom stereocenters. The van der Waals surface area contributed by atoms with Gasteiger partial charge in [0, 0.05) is 6.61 Å². The van der Waals surface area contributed by atoms with Gasteiger partial charge in [-0.2, -0.15) is 5.26 Å². The van der Waals surface area contributed by atoms with Crippen molar-refractivity contribution in [3.05, 3.63) is 35.9 Å². The maximum absolute atomic E-state index is 8.85. The molecule has 0 spiro atoms. The zero-order valence-electron chi connectivity index (χ0n) is 8.14. The number of benzene rings is 1. The number of nitriles is 1. The standard InChI is InChI=1S/C11H13NO2/c1-2-13-9-14-11(8-12)10-6-4-3-5-7-10/h3-7,11H,2,9H2,1H3. The van der Waals surface area contributed by atoms with Crippen molar-refractivity contribution in [2.45, 2.75) is 13.0 Å². The van der Waals surface area contributed by atoms with Crippen LogP contribution in [0.3, 0.4) is 0 Å². The minimum Gasteiger partial charge on any atom is -0.356 e. The Hall–Kier alpha value is -1.37. The predicted octanol–water partition coefficient (Wildman–Crippen LogP) is 2.26. The van der Waals surface area contributed by atoms with Crippen molar-refractivity contribution in [2.75, 3.05) is 13.4 Å². The highest BCUT2D eigenvalue weighted by Crippen LogP contribution is 2.15. The Morgan fingerprint density at radius 1 is 1.36 bits per heavy atom. The Bertz CT molecular complexity index is 292. The highest BCUT2D eigenvalue weighted by molar-refractivity contribution is 5.21. The molecule has 1 unspecified atom stereocenters. The van der Waals surface area contributed by atoms with Gasteiger partial charge in [-0.1, -0.05) is 30.3 Å². The maximum Gasteiger partial charge on any atom is 0.171 e. The van der Waals surface area contributed by atoms with Gasteiger partial charge >= 0.3 is 0 Å². The molecular formula is C11H13NO2. The van der Waals surface area contributed by atoms with Crippen molar-refractivity contribution < 1.29 is 9.47 Å². The molecular weight excluding hydrogens is 178 g/mol. The summed E-state index contributed by atoms with van der Waals surface area (Å²) >= 11 is 0. The molecule has 0 fully saturated rings. The first-order valence-electron chi connectivity index (χ1n) is 4.52. The van der Waals surface area contributed by atoms with Gasteiger partial charge in [0.05, 0.1) is 6.07 Å². The number of rotatable bonds is 5. The molecule has 1 aromatic carbocycles.